The van der Waals surface area contributed by atoms with Crippen LogP contribution in [0.15, 0.2) is 55.2 Å². The lowest BCUT2D eigenvalue weighted by Gasteiger charge is -2.06. The number of hydrogen-bond donors (Lipinski definition) is 2. The highest BCUT2D eigenvalue weighted by molar-refractivity contribution is 7.23. The lowest BCUT2D eigenvalue weighted by atomic mass is 10.1. The van der Waals surface area contributed by atoms with Gasteiger partial charge in [-0.25, -0.2) is 15.0 Å². The summed E-state index contributed by atoms with van der Waals surface area (Å²) in [4.78, 5) is 30.6. The van der Waals surface area contributed by atoms with E-state index in [1.807, 2.05) is 37.1 Å². The number of hydrogen-bond acceptors (Lipinski definition) is 7. The molecule has 0 bridgehead atoms. The van der Waals surface area contributed by atoms with Gasteiger partial charge in [0.2, 0.25) is 0 Å². The molecular formula is C22H19N7OS. The lowest BCUT2D eigenvalue weighted by Crippen LogP contribution is -2.23. The zero-order chi connectivity index (χ0) is 21.4. The van der Waals surface area contributed by atoms with Crippen LogP contribution in [-0.2, 0) is 13.6 Å². The van der Waals surface area contributed by atoms with Gasteiger partial charge in [0.1, 0.15) is 11.2 Å². The molecule has 0 unspecified atom stereocenters. The second kappa shape index (κ2) is 7.77. The predicted molar refractivity (Wildman–Crippen MR) is 122 cm³/mol. The van der Waals surface area contributed by atoms with Crippen molar-refractivity contribution in [2.75, 3.05) is 12.4 Å². The second-order valence-corrected chi connectivity index (χ2v) is 8.11. The van der Waals surface area contributed by atoms with Crippen LogP contribution in [-0.4, -0.2) is 37.5 Å². The molecule has 4 aromatic heterocycles. The number of aromatic nitrogens is 5. The predicted octanol–water partition coefficient (Wildman–Crippen LogP) is 3.61. The molecule has 0 spiro atoms. The van der Waals surface area contributed by atoms with Gasteiger partial charge >= 0.3 is 0 Å². The molecule has 154 valence electrons. The first-order valence-corrected chi connectivity index (χ1v) is 10.5. The van der Waals surface area contributed by atoms with Crippen LogP contribution in [0.4, 0.5) is 5.82 Å². The summed E-state index contributed by atoms with van der Waals surface area (Å²) in [5.41, 5.74) is 5.25. The minimum Gasteiger partial charge on any atom is -0.371 e. The summed E-state index contributed by atoms with van der Waals surface area (Å²) in [6, 6.07) is 10.2. The number of thiophene rings is 1. The Morgan fingerprint density at radius 2 is 2.10 bits per heavy atom. The van der Waals surface area contributed by atoms with E-state index < -0.39 is 0 Å². The summed E-state index contributed by atoms with van der Waals surface area (Å²) in [7, 11) is 3.85. The Bertz CT molecular complexity index is 1410. The largest absolute Gasteiger partial charge is 0.371 e. The summed E-state index contributed by atoms with van der Waals surface area (Å²) in [6.07, 6.45) is 6.31. The molecule has 0 aliphatic heterocycles. The van der Waals surface area contributed by atoms with Gasteiger partial charge in [-0.05, 0) is 23.3 Å². The van der Waals surface area contributed by atoms with Gasteiger partial charge in [-0.2, -0.15) is 0 Å². The fourth-order valence-electron chi connectivity index (χ4n) is 3.52. The van der Waals surface area contributed by atoms with E-state index in [1.165, 1.54) is 12.4 Å². The van der Waals surface area contributed by atoms with E-state index in [-0.39, 0.29) is 5.91 Å². The number of fused-ring (bicyclic) bond motifs is 3. The zero-order valence-electron chi connectivity index (χ0n) is 17.0. The van der Waals surface area contributed by atoms with Gasteiger partial charge in [0.15, 0.2) is 5.82 Å². The molecule has 0 radical (unpaired) electrons. The molecule has 5 aromatic rings. The van der Waals surface area contributed by atoms with Gasteiger partial charge in [-0.15, -0.1) is 11.3 Å². The van der Waals surface area contributed by atoms with Crippen molar-refractivity contribution in [3.8, 4) is 10.4 Å². The van der Waals surface area contributed by atoms with Crippen molar-refractivity contribution in [1.29, 1.82) is 0 Å². The molecule has 0 aliphatic rings. The van der Waals surface area contributed by atoms with Gasteiger partial charge in [0.25, 0.3) is 5.91 Å². The van der Waals surface area contributed by atoms with Crippen molar-refractivity contribution in [2.24, 2.45) is 7.05 Å². The van der Waals surface area contributed by atoms with Crippen molar-refractivity contribution >= 4 is 44.3 Å². The molecular weight excluding hydrogens is 410 g/mol. The number of anilines is 1. The van der Waals surface area contributed by atoms with Crippen LogP contribution in [0.1, 0.15) is 16.1 Å². The first kappa shape index (κ1) is 19.1. The molecule has 8 nitrogen and oxygen atoms in total. The Morgan fingerprint density at radius 1 is 1.19 bits per heavy atom. The molecule has 5 rings (SSSR count). The second-order valence-electron chi connectivity index (χ2n) is 7.06. The number of imidazole rings is 1. The first-order valence-electron chi connectivity index (χ1n) is 9.70. The SMILES string of the molecule is CNc1nc2cc(-c3cccc(CNC(=O)c4cnccn4)c3)sc2c2c1ncn2C. The Balaban J connectivity index is 1.46. The molecule has 0 aliphatic carbocycles. The molecule has 0 saturated carbocycles. The maximum Gasteiger partial charge on any atom is 0.271 e. The average Bonchev–Trinajstić information content (AvgIpc) is 3.41. The summed E-state index contributed by atoms with van der Waals surface area (Å²) >= 11 is 1.69. The summed E-state index contributed by atoms with van der Waals surface area (Å²) in [5.74, 6) is 0.524. The third-order valence-electron chi connectivity index (χ3n) is 5.02. The third-order valence-corrected chi connectivity index (χ3v) is 6.20. The lowest BCUT2D eigenvalue weighted by molar-refractivity contribution is 0.0945. The molecule has 2 N–H and O–H groups in total. The average molecular weight is 430 g/mol. The number of carbonyl (C=O) groups excluding carboxylic acids is 1. The number of benzene rings is 1. The van der Waals surface area contributed by atoms with Gasteiger partial charge in [-0.3, -0.25) is 9.78 Å². The van der Waals surface area contributed by atoms with E-state index in [1.54, 1.807) is 17.5 Å². The molecule has 9 heteroatoms. The van der Waals surface area contributed by atoms with Crippen LogP contribution < -0.4 is 10.6 Å². The van der Waals surface area contributed by atoms with Crippen molar-refractivity contribution in [3.63, 3.8) is 0 Å². The summed E-state index contributed by atoms with van der Waals surface area (Å²) in [5, 5.41) is 6.04. The minimum absolute atomic E-state index is 0.247. The molecule has 1 aromatic carbocycles. The van der Waals surface area contributed by atoms with Crippen molar-refractivity contribution < 1.29 is 4.79 Å². The highest BCUT2D eigenvalue weighted by Gasteiger charge is 2.16. The normalized spacial score (nSPS) is 11.2. The number of amides is 1. The number of aryl methyl sites for hydroxylation is 1. The fourth-order valence-corrected chi connectivity index (χ4v) is 4.70. The number of nitrogens with zero attached hydrogens (tertiary/aromatic N) is 5. The van der Waals surface area contributed by atoms with Crippen LogP contribution in [0.3, 0.4) is 0 Å². The van der Waals surface area contributed by atoms with E-state index in [0.717, 1.165) is 43.1 Å². The van der Waals surface area contributed by atoms with E-state index in [9.17, 15) is 4.79 Å². The number of carbonyl (C=O) groups is 1. The van der Waals surface area contributed by atoms with Crippen LogP contribution in [0.2, 0.25) is 0 Å². The molecule has 31 heavy (non-hydrogen) atoms. The highest BCUT2D eigenvalue weighted by atomic mass is 32.1. The van der Waals surface area contributed by atoms with Crippen molar-refractivity contribution in [2.45, 2.75) is 6.54 Å². The molecule has 0 fully saturated rings. The van der Waals surface area contributed by atoms with Gasteiger partial charge in [-0.1, -0.05) is 18.2 Å². The van der Waals surface area contributed by atoms with Crippen LogP contribution >= 0.6 is 11.3 Å². The van der Waals surface area contributed by atoms with Crippen LogP contribution in [0.25, 0.3) is 31.7 Å². The van der Waals surface area contributed by atoms with E-state index >= 15 is 0 Å². The zero-order valence-corrected chi connectivity index (χ0v) is 17.8. The van der Waals surface area contributed by atoms with E-state index in [2.05, 4.69) is 43.8 Å². The fraction of sp³-hybridized carbons (Fsp3) is 0.136. The monoisotopic (exact) mass is 429 g/mol. The topological polar surface area (TPSA) is 97.6 Å². The van der Waals surface area contributed by atoms with Gasteiger partial charge < -0.3 is 15.2 Å². The Morgan fingerprint density at radius 3 is 2.90 bits per heavy atom. The maximum atomic E-state index is 12.2. The van der Waals surface area contributed by atoms with Crippen molar-refractivity contribution in [3.05, 3.63) is 66.5 Å². The summed E-state index contributed by atoms with van der Waals surface area (Å²) < 4.78 is 3.13. The standard InChI is InChI=1S/C22H19N7OS/c1-23-21-18-19(29(2)12-27-18)20-15(28-21)9-17(31-20)14-5-3-4-13(8-14)10-26-22(30)16-11-24-6-7-25-16/h3-9,11-12H,10H2,1-2H3,(H,23,28)(H,26,30). The first-order chi connectivity index (χ1) is 15.1. The number of pyridine rings is 1. The van der Waals surface area contributed by atoms with Gasteiger partial charge in [0, 0.05) is 37.9 Å². The van der Waals surface area contributed by atoms with Crippen LogP contribution in [0.5, 0.6) is 0 Å². The number of nitrogens with one attached hydrogen (secondary N) is 2. The highest BCUT2D eigenvalue weighted by Crippen LogP contribution is 2.38. The Kier molecular flexibility index (Phi) is 4.79. The quantitative estimate of drug-likeness (QED) is 0.443. The molecule has 0 saturated heterocycles. The Labute approximate surface area is 182 Å². The molecule has 1 amide bonds. The smallest absolute Gasteiger partial charge is 0.271 e. The molecule has 4 heterocycles. The molecule has 0 atom stereocenters. The van der Waals surface area contributed by atoms with E-state index in [0.29, 0.717) is 12.2 Å². The number of rotatable bonds is 5. The van der Waals surface area contributed by atoms with Crippen LogP contribution in [0, 0.1) is 0 Å². The Hall–Kier alpha value is -3.85. The van der Waals surface area contributed by atoms with Gasteiger partial charge in [0.05, 0.1) is 28.3 Å². The third kappa shape index (κ3) is 3.49. The van der Waals surface area contributed by atoms with Crippen molar-refractivity contribution in [1.82, 2.24) is 29.8 Å². The maximum absolute atomic E-state index is 12.2. The van der Waals surface area contributed by atoms with E-state index in [4.69, 9.17) is 4.98 Å². The minimum atomic E-state index is -0.247. The summed E-state index contributed by atoms with van der Waals surface area (Å²) in [6.45, 7) is 0.405.